The van der Waals surface area contributed by atoms with Crippen LogP contribution in [0.1, 0.15) is 112 Å². The molecular weight excluding hydrogens is 744 g/mol. The summed E-state index contributed by atoms with van der Waals surface area (Å²) in [6.07, 6.45) is 2.56. The van der Waals surface area contributed by atoms with Crippen molar-refractivity contribution in [2.75, 3.05) is 7.11 Å². The van der Waals surface area contributed by atoms with Crippen LogP contribution in [-0.4, -0.2) is 99.9 Å². The Balaban J connectivity index is 1.20. The minimum absolute atomic E-state index is 0.00708. The molecular formula is C43H65ClO12. The third kappa shape index (κ3) is 8.17. The van der Waals surface area contributed by atoms with Crippen LogP contribution in [0.3, 0.4) is 0 Å². The molecule has 56 heavy (non-hydrogen) atoms. The number of ether oxygens (including phenoxy) is 7. The van der Waals surface area contributed by atoms with Gasteiger partial charge in [0.25, 0.3) is 5.79 Å². The van der Waals surface area contributed by atoms with Gasteiger partial charge in [-0.2, -0.15) is 0 Å². The predicted octanol–water partition coefficient (Wildman–Crippen LogP) is 7.24. The highest BCUT2D eigenvalue weighted by atomic mass is 35.5. The second-order valence-corrected chi connectivity index (χ2v) is 18.6. The molecule has 5 aliphatic rings. The number of benzene rings is 1. The van der Waals surface area contributed by atoms with E-state index < -0.39 is 64.9 Å². The number of carboxylic acid groups (broad SMARTS) is 2. The Kier molecular flexibility index (Phi) is 13.0. The van der Waals surface area contributed by atoms with Gasteiger partial charge in [-0.15, -0.1) is 0 Å². The Bertz CT molecular complexity index is 1540. The Labute approximate surface area is 337 Å². The number of hydrogen-bond acceptors (Lipinski definition) is 10. The predicted molar refractivity (Wildman–Crippen MR) is 207 cm³/mol. The van der Waals surface area contributed by atoms with Crippen LogP contribution in [0.4, 0.5) is 0 Å². The first kappa shape index (κ1) is 43.7. The van der Waals surface area contributed by atoms with Crippen molar-refractivity contribution in [2.45, 2.75) is 179 Å². The smallest absolute Gasteiger partial charge is 0.364 e. The fourth-order valence-electron chi connectivity index (χ4n) is 10.9. The van der Waals surface area contributed by atoms with Crippen LogP contribution >= 0.6 is 11.6 Å². The van der Waals surface area contributed by atoms with Crippen molar-refractivity contribution in [3.8, 4) is 0 Å². The van der Waals surface area contributed by atoms with Crippen molar-refractivity contribution in [2.24, 2.45) is 35.5 Å². The third-order valence-electron chi connectivity index (χ3n) is 14.3. The highest BCUT2D eigenvalue weighted by Crippen LogP contribution is 2.55. The van der Waals surface area contributed by atoms with Crippen molar-refractivity contribution >= 4 is 23.5 Å². The lowest BCUT2D eigenvalue weighted by Crippen LogP contribution is -2.58. The molecule has 1 aromatic carbocycles. The zero-order chi connectivity index (χ0) is 41.0. The topological polar surface area (TPSA) is 159 Å². The van der Waals surface area contributed by atoms with Crippen LogP contribution in [0.15, 0.2) is 24.3 Å². The molecule has 17 atom stereocenters. The lowest BCUT2D eigenvalue weighted by atomic mass is 9.78. The summed E-state index contributed by atoms with van der Waals surface area (Å²) in [5.41, 5.74) is -0.273. The van der Waals surface area contributed by atoms with Gasteiger partial charge in [0.05, 0.1) is 66.5 Å². The number of aliphatic carboxylic acids is 2. The molecule has 3 N–H and O–H groups in total. The van der Waals surface area contributed by atoms with Crippen LogP contribution < -0.4 is 0 Å². The molecule has 0 aliphatic carbocycles. The van der Waals surface area contributed by atoms with Crippen molar-refractivity contribution < 1.29 is 58.1 Å². The van der Waals surface area contributed by atoms with E-state index in [-0.39, 0.29) is 48.1 Å². The number of rotatable bonds is 13. The molecule has 0 aromatic heterocycles. The van der Waals surface area contributed by atoms with Crippen molar-refractivity contribution in [1.29, 1.82) is 0 Å². The molecule has 0 amide bonds. The number of halogens is 1. The summed E-state index contributed by atoms with van der Waals surface area (Å²) in [5, 5.41) is 31.4. The van der Waals surface area contributed by atoms with E-state index in [1.807, 2.05) is 38.1 Å². The average Bonchev–Trinajstić information content (AvgIpc) is 3.87. The van der Waals surface area contributed by atoms with Gasteiger partial charge in [0, 0.05) is 42.7 Å². The summed E-state index contributed by atoms with van der Waals surface area (Å²) in [7, 11) is 1.55. The van der Waals surface area contributed by atoms with E-state index in [0.717, 1.165) is 24.8 Å². The normalized spacial score (nSPS) is 44.5. The molecule has 12 nitrogen and oxygen atoms in total. The molecule has 13 heteroatoms. The fraction of sp³-hybridized carbons (Fsp3) is 0.814. The Morgan fingerprint density at radius 3 is 2.30 bits per heavy atom. The van der Waals surface area contributed by atoms with Gasteiger partial charge in [-0.25, -0.2) is 4.79 Å². The van der Waals surface area contributed by atoms with Gasteiger partial charge in [0.2, 0.25) is 0 Å². The largest absolute Gasteiger partial charge is 0.481 e. The zero-order valence-corrected chi connectivity index (χ0v) is 35.3. The quantitative estimate of drug-likeness (QED) is 0.184. The van der Waals surface area contributed by atoms with Gasteiger partial charge >= 0.3 is 11.9 Å². The molecule has 5 aliphatic heterocycles. The molecule has 1 spiro atoms. The van der Waals surface area contributed by atoms with Gasteiger partial charge < -0.3 is 48.5 Å². The van der Waals surface area contributed by atoms with Crippen molar-refractivity contribution in [1.82, 2.24) is 0 Å². The highest BCUT2D eigenvalue weighted by molar-refractivity contribution is 6.30. The van der Waals surface area contributed by atoms with Crippen LogP contribution in [0.2, 0.25) is 5.02 Å². The SMILES string of the molecule is CC[C@@]1([C@@H]2O[C@@H]([C@H]3O[C@@](O)(C(=O)O)[C@H](C)C[C@@H]3C)C[C@@H]2C)CC[C@H]([C@]2(C)CC[C@]3(C[C@H](OCc4ccc(Cl)cc4)[C@@H](C)[C@H]([C@@H](C)[C@@H](OC)[C@H](C)C(=O)O)O3)O2)O1. The first-order valence-electron chi connectivity index (χ1n) is 20.8. The molecule has 5 heterocycles. The molecule has 1 aromatic rings. The third-order valence-corrected chi connectivity index (χ3v) is 14.6. The van der Waals surface area contributed by atoms with Crippen LogP contribution in [0.5, 0.6) is 0 Å². The summed E-state index contributed by atoms with van der Waals surface area (Å²) in [6.45, 7) is 16.3. The maximum Gasteiger partial charge on any atom is 0.364 e. The second-order valence-electron chi connectivity index (χ2n) is 18.2. The summed E-state index contributed by atoms with van der Waals surface area (Å²) >= 11 is 6.15. The first-order valence-corrected chi connectivity index (χ1v) is 21.1. The minimum atomic E-state index is -2.25. The van der Waals surface area contributed by atoms with E-state index in [0.29, 0.717) is 43.7 Å². The molecule has 5 fully saturated rings. The van der Waals surface area contributed by atoms with Crippen LogP contribution in [-0.2, 0) is 49.4 Å². The van der Waals surface area contributed by atoms with Crippen molar-refractivity contribution in [3.05, 3.63) is 34.9 Å². The van der Waals surface area contributed by atoms with Gasteiger partial charge in [-0.05, 0) is 81.9 Å². The maximum atomic E-state index is 12.1. The second kappa shape index (κ2) is 16.6. The number of hydrogen-bond donors (Lipinski definition) is 3. The summed E-state index contributed by atoms with van der Waals surface area (Å²) in [4.78, 5) is 24.2. The van der Waals surface area contributed by atoms with E-state index in [4.69, 9.17) is 44.8 Å². The minimum Gasteiger partial charge on any atom is -0.481 e. The first-order chi connectivity index (χ1) is 26.3. The van der Waals surface area contributed by atoms with E-state index in [2.05, 4.69) is 27.7 Å². The number of carbonyl (C=O) groups is 2. The Morgan fingerprint density at radius 2 is 1.68 bits per heavy atom. The molecule has 316 valence electrons. The lowest BCUT2D eigenvalue weighted by molar-refractivity contribution is -0.339. The maximum absolute atomic E-state index is 12.1. The standard InChI is InChI=1S/C43H65ClO12/c1-10-41(37-24(3)20-31(52-37)34-23(2)19-25(4)43(49,55-34)39(47)48)16-15-33(53-41)40(8)17-18-42(56-40)21-32(51-22-29-11-13-30(44)14-12-29)26(5)36(54-42)27(6)35(50-9)28(7)38(45)46/h11-14,23-28,31-37,49H,10,15-22H2,1-9H3,(H,45,46)(H,47,48)/t23-,24-,25+,26+,27-,28-,31+,32-,33+,34-,35+,36+,37+,40-,41-,42+,43+/m0/s1. The van der Waals surface area contributed by atoms with Gasteiger partial charge in [0.15, 0.2) is 5.79 Å². The molecule has 5 saturated heterocycles. The fourth-order valence-corrected chi connectivity index (χ4v) is 11.0. The van der Waals surface area contributed by atoms with Crippen LogP contribution in [0.25, 0.3) is 0 Å². The summed E-state index contributed by atoms with van der Waals surface area (Å²) < 4.78 is 46.7. The van der Waals surface area contributed by atoms with Crippen molar-refractivity contribution in [3.63, 3.8) is 0 Å². The molecule has 0 saturated carbocycles. The Morgan fingerprint density at radius 1 is 0.982 bits per heavy atom. The summed E-state index contributed by atoms with van der Waals surface area (Å²) in [5.74, 6) is -7.09. The molecule has 0 unspecified atom stereocenters. The van der Waals surface area contributed by atoms with Gasteiger partial charge in [0.1, 0.15) is 0 Å². The summed E-state index contributed by atoms with van der Waals surface area (Å²) in [6, 6.07) is 7.60. The lowest BCUT2D eigenvalue weighted by Gasteiger charge is -2.50. The zero-order valence-electron chi connectivity index (χ0n) is 34.6. The van der Waals surface area contributed by atoms with E-state index in [1.54, 1.807) is 21.0 Å². The number of aliphatic hydroxyl groups is 1. The number of methoxy groups -OCH3 is 1. The monoisotopic (exact) mass is 808 g/mol. The number of carboxylic acids is 2. The Hall–Kier alpha value is -1.87. The highest BCUT2D eigenvalue weighted by Gasteiger charge is 2.63. The average molecular weight is 809 g/mol. The molecule has 0 radical (unpaired) electrons. The van der Waals surface area contributed by atoms with E-state index in [9.17, 15) is 24.9 Å². The van der Waals surface area contributed by atoms with E-state index >= 15 is 0 Å². The van der Waals surface area contributed by atoms with Crippen LogP contribution in [0, 0.1) is 35.5 Å². The van der Waals surface area contributed by atoms with Gasteiger partial charge in [-0.3, -0.25) is 4.79 Å². The molecule has 6 rings (SSSR count). The van der Waals surface area contributed by atoms with E-state index in [1.165, 1.54) is 0 Å². The van der Waals surface area contributed by atoms with Gasteiger partial charge in [-0.1, -0.05) is 65.3 Å². The molecule has 0 bridgehead atoms.